The molecule has 6 heteroatoms. The topological polar surface area (TPSA) is 48.9 Å². The minimum atomic E-state index is 0.504. The second-order valence-corrected chi connectivity index (χ2v) is 6.87. The third-order valence-electron chi connectivity index (χ3n) is 4.64. The number of ether oxygens (including phenoxy) is 1. The zero-order chi connectivity index (χ0) is 18.1. The van der Waals surface area contributed by atoms with Crippen molar-refractivity contribution in [2.75, 3.05) is 40.3 Å². The fraction of sp³-hybridized carbons (Fsp3) is 0.632. The van der Waals surface area contributed by atoms with Crippen LogP contribution in [-0.2, 0) is 6.42 Å². The molecule has 0 aliphatic carbocycles. The van der Waals surface area contributed by atoms with Crippen LogP contribution in [-0.4, -0.2) is 57.2 Å². The van der Waals surface area contributed by atoms with Gasteiger partial charge in [0.2, 0.25) is 0 Å². The van der Waals surface area contributed by atoms with Crippen LogP contribution in [0.15, 0.2) is 23.2 Å². The van der Waals surface area contributed by atoms with Crippen LogP contribution in [0.2, 0.25) is 5.02 Å². The number of halogens is 1. The highest BCUT2D eigenvalue weighted by Crippen LogP contribution is 2.22. The van der Waals surface area contributed by atoms with E-state index in [4.69, 9.17) is 16.3 Å². The minimum absolute atomic E-state index is 0.504. The molecule has 140 valence electrons. The van der Waals surface area contributed by atoms with Crippen molar-refractivity contribution in [2.24, 2.45) is 4.99 Å². The van der Waals surface area contributed by atoms with Crippen molar-refractivity contribution in [3.8, 4) is 5.75 Å². The van der Waals surface area contributed by atoms with Gasteiger partial charge >= 0.3 is 0 Å². The predicted molar refractivity (Wildman–Crippen MR) is 106 cm³/mol. The Morgan fingerprint density at radius 1 is 1.36 bits per heavy atom. The Balaban J connectivity index is 1.74. The van der Waals surface area contributed by atoms with Crippen molar-refractivity contribution in [3.05, 3.63) is 28.8 Å². The first-order chi connectivity index (χ1) is 12.2. The standard InChI is InChI=1S/C19H31ClN4O/c1-4-11-24-12-8-16(9-13-24)23-19(21-2)22-10-7-15-5-6-17(25-3)14-18(15)20/h5-6,14,16H,4,7-13H2,1-3H3,(H2,21,22,23). The molecule has 0 bridgehead atoms. The van der Waals surface area contributed by atoms with Gasteiger partial charge in [0.15, 0.2) is 5.96 Å². The summed E-state index contributed by atoms with van der Waals surface area (Å²) < 4.78 is 5.18. The van der Waals surface area contributed by atoms with Gasteiger partial charge < -0.3 is 20.3 Å². The van der Waals surface area contributed by atoms with Crippen molar-refractivity contribution in [3.63, 3.8) is 0 Å². The summed E-state index contributed by atoms with van der Waals surface area (Å²) in [6, 6.07) is 6.32. The molecular weight excluding hydrogens is 336 g/mol. The van der Waals surface area contributed by atoms with Crippen molar-refractivity contribution in [2.45, 2.75) is 38.6 Å². The second kappa shape index (κ2) is 10.5. The zero-order valence-electron chi connectivity index (χ0n) is 15.6. The highest BCUT2D eigenvalue weighted by Gasteiger charge is 2.19. The molecule has 0 saturated carbocycles. The Morgan fingerprint density at radius 3 is 2.72 bits per heavy atom. The third kappa shape index (κ3) is 6.40. The van der Waals surface area contributed by atoms with E-state index in [1.807, 2.05) is 25.2 Å². The van der Waals surface area contributed by atoms with Crippen LogP contribution in [0.25, 0.3) is 0 Å². The minimum Gasteiger partial charge on any atom is -0.497 e. The lowest BCUT2D eigenvalue weighted by Crippen LogP contribution is -2.49. The number of methoxy groups -OCH3 is 1. The average molecular weight is 367 g/mol. The number of piperidine rings is 1. The van der Waals surface area contributed by atoms with E-state index in [1.54, 1.807) is 7.11 Å². The highest BCUT2D eigenvalue weighted by molar-refractivity contribution is 6.31. The maximum Gasteiger partial charge on any atom is 0.191 e. The second-order valence-electron chi connectivity index (χ2n) is 6.47. The van der Waals surface area contributed by atoms with Crippen LogP contribution in [0.3, 0.4) is 0 Å². The molecule has 0 amide bonds. The average Bonchev–Trinajstić information content (AvgIpc) is 2.63. The highest BCUT2D eigenvalue weighted by atomic mass is 35.5. The van der Waals surface area contributed by atoms with Crippen LogP contribution in [0.4, 0.5) is 0 Å². The van der Waals surface area contributed by atoms with Crippen LogP contribution >= 0.6 is 11.6 Å². The van der Waals surface area contributed by atoms with Crippen molar-refractivity contribution < 1.29 is 4.74 Å². The molecule has 0 spiro atoms. The normalized spacial score (nSPS) is 16.7. The van der Waals surface area contributed by atoms with Crippen molar-refractivity contribution >= 4 is 17.6 Å². The first kappa shape index (κ1) is 19.9. The van der Waals surface area contributed by atoms with Gasteiger partial charge in [-0.25, -0.2) is 0 Å². The Labute approximate surface area is 156 Å². The lowest BCUT2D eigenvalue weighted by molar-refractivity contribution is 0.206. The molecule has 1 heterocycles. The van der Waals surface area contributed by atoms with E-state index in [9.17, 15) is 0 Å². The number of likely N-dealkylation sites (tertiary alicyclic amines) is 1. The summed E-state index contributed by atoms with van der Waals surface area (Å²) in [6.07, 6.45) is 4.42. The van der Waals surface area contributed by atoms with E-state index in [0.29, 0.717) is 6.04 Å². The summed E-state index contributed by atoms with van der Waals surface area (Å²) in [4.78, 5) is 6.89. The van der Waals surface area contributed by atoms with Crippen LogP contribution in [0.1, 0.15) is 31.7 Å². The van der Waals surface area contributed by atoms with Crippen molar-refractivity contribution in [1.29, 1.82) is 0 Å². The van der Waals surface area contributed by atoms with Gasteiger partial charge in [-0.15, -0.1) is 0 Å². The van der Waals surface area contributed by atoms with Gasteiger partial charge in [-0.3, -0.25) is 4.99 Å². The summed E-state index contributed by atoms with van der Waals surface area (Å²) in [5.41, 5.74) is 1.11. The number of benzene rings is 1. The molecule has 0 unspecified atom stereocenters. The van der Waals surface area contributed by atoms with E-state index in [-0.39, 0.29) is 0 Å². The summed E-state index contributed by atoms with van der Waals surface area (Å²) in [5.74, 6) is 1.66. The Bertz CT molecular complexity index is 556. The molecule has 1 fully saturated rings. The summed E-state index contributed by atoms with van der Waals surface area (Å²) in [5, 5.41) is 7.68. The van der Waals surface area contributed by atoms with Crippen LogP contribution in [0, 0.1) is 0 Å². The quantitative estimate of drug-likeness (QED) is 0.575. The number of rotatable bonds is 7. The molecule has 1 aromatic carbocycles. The molecule has 0 atom stereocenters. The van der Waals surface area contributed by atoms with Crippen LogP contribution in [0.5, 0.6) is 5.75 Å². The molecule has 2 N–H and O–H groups in total. The number of guanidine groups is 1. The largest absolute Gasteiger partial charge is 0.497 e. The maximum atomic E-state index is 6.29. The molecule has 1 saturated heterocycles. The first-order valence-corrected chi connectivity index (χ1v) is 9.56. The molecule has 1 aromatic rings. The number of aliphatic imine (C=N–C) groups is 1. The molecule has 2 rings (SSSR count). The van der Waals surface area contributed by atoms with Crippen LogP contribution < -0.4 is 15.4 Å². The van der Waals surface area contributed by atoms with Gasteiger partial charge in [0.05, 0.1) is 7.11 Å². The summed E-state index contributed by atoms with van der Waals surface area (Å²) in [6.45, 7) is 6.59. The first-order valence-electron chi connectivity index (χ1n) is 9.18. The van der Waals surface area contributed by atoms with Gasteiger partial charge in [-0.1, -0.05) is 24.6 Å². The van der Waals surface area contributed by atoms with Gasteiger partial charge in [0.25, 0.3) is 0 Å². The lowest BCUT2D eigenvalue weighted by atomic mass is 10.1. The monoisotopic (exact) mass is 366 g/mol. The number of nitrogens with one attached hydrogen (secondary N) is 2. The van der Waals surface area contributed by atoms with E-state index in [1.165, 1.54) is 38.9 Å². The zero-order valence-corrected chi connectivity index (χ0v) is 16.4. The fourth-order valence-electron chi connectivity index (χ4n) is 3.18. The Morgan fingerprint density at radius 2 is 2.12 bits per heavy atom. The molecule has 25 heavy (non-hydrogen) atoms. The molecule has 0 aromatic heterocycles. The fourth-order valence-corrected chi connectivity index (χ4v) is 3.44. The van der Waals surface area contributed by atoms with Gasteiger partial charge in [0.1, 0.15) is 5.75 Å². The predicted octanol–water partition coefficient (Wildman–Crippen LogP) is 2.93. The SMILES string of the molecule is CCCN1CCC(NC(=NC)NCCc2ccc(OC)cc2Cl)CC1. The van der Waals surface area contributed by atoms with E-state index >= 15 is 0 Å². The molecule has 0 radical (unpaired) electrons. The lowest BCUT2D eigenvalue weighted by Gasteiger charge is -2.32. The Kier molecular flexibility index (Phi) is 8.35. The van der Waals surface area contributed by atoms with Gasteiger partial charge in [-0.05, 0) is 49.9 Å². The maximum absolute atomic E-state index is 6.29. The summed E-state index contributed by atoms with van der Waals surface area (Å²) in [7, 11) is 3.47. The van der Waals surface area contributed by atoms with Crippen molar-refractivity contribution in [1.82, 2.24) is 15.5 Å². The summed E-state index contributed by atoms with van der Waals surface area (Å²) >= 11 is 6.29. The molecule has 5 nitrogen and oxygen atoms in total. The smallest absolute Gasteiger partial charge is 0.191 e. The molecule has 1 aliphatic rings. The molecule has 1 aliphatic heterocycles. The van der Waals surface area contributed by atoms with E-state index < -0.39 is 0 Å². The van der Waals surface area contributed by atoms with Gasteiger partial charge in [0, 0.05) is 37.7 Å². The third-order valence-corrected chi connectivity index (χ3v) is 4.99. The van der Waals surface area contributed by atoms with E-state index in [2.05, 4.69) is 27.4 Å². The van der Waals surface area contributed by atoms with E-state index in [0.717, 1.165) is 35.3 Å². The number of hydrogen-bond acceptors (Lipinski definition) is 3. The Hall–Kier alpha value is -1.46. The number of hydrogen-bond donors (Lipinski definition) is 2. The molecular formula is C19H31ClN4O. The number of nitrogens with zero attached hydrogens (tertiary/aromatic N) is 2. The van der Waals surface area contributed by atoms with Gasteiger partial charge in [-0.2, -0.15) is 0 Å².